The largest absolute Gasteiger partial charge is 0.310 e. The molecular weight excluding hydrogens is 627 g/mol. The van der Waals surface area contributed by atoms with E-state index < -0.39 is 0 Å². The molecule has 0 aliphatic heterocycles. The van der Waals surface area contributed by atoms with Gasteiger partial charge in [0.05, 0.1) is 5.69 Å². The minimum absolute atomic E-state index is 0.146. The summed E-state index contributed by atoms with van der Waals surface area (Å²) in [6.07, 6.45) is 0. The van der Waals surface area contributed by atoms with Crippen LogP contribution in [0.5, 0.6) is 0 Å². The molecule has 1 aliphatic carbocycles. The zero-order chi connectivity index (χ0) is 34.8. The van der Waals surface area contributed by atoms with Crippen LogP contribution in [-0.4, -0.2) is 0 Å². The second-order valence-electron chi connectivity index (χ2n) is 14.6. The molecule has 0 atom stereocenters. The standard InChI is InChI=1S/C51H37N/c1-51(2)47-18-10-9-17-46(47)49-48(33-42-15-7-8-16-45(42)50(49)51)52(43-27-23-36(24-28-43)40-21-19-34-11-3-5-13-38(34)31-40)44-29-25-37(26-30-44)41-22-20-35-12-4-6-14-39(35)32-41/h3-33H,1-2H3. The van der Waals surface area contributed by atoms with Crippen LogP contribution in [0.1, 0.15) is 25.0 Å². The third-order valence-corrected chi connectivity index (χ3v) is 11.2. The van der Waals surface area contributed by atoms with E-state index >= 15 is 0 Å². The Morgan fingerprint density at radius 1 is 0.385 bits per heavy atom. The van der Waals surface area contributed by atoms with E-state index in [2.05, 4.69) is 207 Å². The Morgan fingerprint density at radius 2 is 0.846 bits per heavy atom. The fourth-order valence-electron chi connectivity index (χ4n) is 8.58. The van der Waals surface area contributed by atoms with Crippen LogP contribution in [0.25, 0.3) is 65.7 Å². The fourth-order valence-corrected chi connectivity index (χ4v) is 8.58. The van der Waals surface area contributed by atoms with Crippen LogP contribution in [0.3, 0.4) is 0 Å². The van der Waals surface area contributed by atoms with Gasteiger partial charge in [-0.3, -0.25) is 0 Å². The van der Waals surface area contributed by atoms with Crippen LogP contribution in [-0.2, 0) is 5.41 Å². The van der Waals surface area contributed by atoms with Crippen molar-refractivity contribution in [3.8, 4) is 33.4 Å². The van der Waals surface area contributed by atoms with Crippen LogP contribution in [0.4, 0.5) is 17.1 Å². The van der Waals surface area contributed by atoms with Crippen LogP contribution >= 0.6 is 0 Å². The summed E-state index contributed by atoms with van der Waals surface area (Å²) in [4.78, 5) is 2.47. The van der Waals surface area contributed by atoms with Crippen molar-refractivity contribution < 1.29 is 0 Å². The summed E-state index contributed by atoms with van der Waals surface area (Å²) < 4.78 is 0. The first-order chi connectivity index (χ1) is 25.5. The summed E-state index contributed by atoms with van der Waals surface area (Å²) in [5, 5.41) is 7.60. The molecule has 0 unspecified atom stereocenters. The molecule has 0 heterocycles. The lowest BCUT2D eigenvalue weighted by Gasteiger charge is -2.30. The average molecular weight is 664 g/mol. The van der Waals surface area contributed by atoms with Crippen molar-refractivity contribution >= 4 is 49.4 Å². The fraction of sp³-hybridized carbons (Fsp3) is 0.0588. The van der Waals surface area contributed by atoms with Crippen molar-refractivity contribution in [1.82, 2.24) is 0 Å². The van der Waals surface area contributed by atoms with Gasteiger partial charge in [-0.25, -0.2) is 0 Å². The number of rotatable bonds is 5. The molecule has 0 amide bonds. The van der Waals surface area contributed by atoms with Crippen molar-refractivity contribution in [2.75, 3.05) is 4.90 Å². The SMILES string of the molecule is CC1(C)c2ccccc2-c2c(N(c3ccc(-c4ccc5ccccc5c4)cc3)c3ccc(-c4ccc5ccccc5c4)cc3)cc3ccccc3c21. The molecule has 0 N–H and O–H groups in total. The third kappa shape index (κ3) is 4.85. The number of hydrogen-bond acceptors (Lipinski definition) is 1. The van der Waals surface area contributed by atoms with Crippen molar-refractivity contribution in [3.05, 3.63) is 199 Å². The normalized spacial score (nSPS) is 13.0. The van der Waals surface area contributed by atoms with E-state index in [9.17, 15) is 0 Å². The van der Waals surface area contributed by atoms with Crippen molar-refractivity contribution in [3.63, 3.8) is 0 Å². The molecule has 1 heteroatoms. The van der Waals surface area contributed by atoms with Gasteiger partial charge in [0.1, 0.15) is 0 Å². The second kappa shape index (κ2) is 11.8. The molecule has 0 radical (unpaired) electrons. The van der Waals surface area contributed by atoms with Gasteiger partial charge in [-0.15, -0.1) is 0 Å². The Hall–Kier alpha value is -6.44. The molecule has 10 rings (SSSR count). The highest BCUT2D eigenvalue weighted by molar-refractivity contribution is 6.06. The zero-order valence-electron chi connectivity index (χ0n) is 29.3. The molecule has 0 spiro atoms. The Labute approximate surface area is 305 Å². The van der Waals surface area contributed by atoms with Crippen LogP contribution in [0.2, 0.25) is 0 Å². The smallest absolute Gasteiger partial charge is 0.0549 e. The van der Waals surface area contributed by atoms with Gasteiger partial charge in [-0.05, 0) is 114 Å². The van der Waals surface area contributed by atoms with Gasteiger partial charge >= 0.3 is 0 Å². The Balaban J connectivity index is 1.16. The first kappa shape index (κ1) is 30.4. The summed E-state index contributed by atoms with van der Waals surface area (Å²) in [5.74, 6) is 0. The first-order valence-electron chi connectivity index (χ1n) is 18.2. The summed E-state index contributed by atoms with van der Waals surface area (Å²) in [6.45, 7) is 4.77. The Kier molecular flexibility index (Phi) is 6.91. The molecular formula is C51H37N. The van der Waals surface area contributed by atoms with Crippen LogP contribution in [0, 0.1) is 0 Å². The number of nitrogens with zero attached hydrogens (tertiary/aromatic N) is 1. The van der Waals surface area contributed by atoms with Crippen molar-refractivity contribution in [1.29, 1.82) is 0 Å². The lowest BCUT2D eigenvalue weighted by atomic mass is 9.80. The van der Waals surface area contributed by atoms with Gasteiger partial charge in [0.15, 0.2) is 0 Å². The summed E-state index contributed by atoms with van der Waals surface area (Å²) in [6, 6.07) is 69.2. The minimum atomic E-state index is -0.146. The summed E-state index contributed by atoms with van der Waals surface area (Å²) in [5.41, 5.74) is 13.6. The molecule has 0 saturated carbocycles. The number of fused-ring (bicyclic) bond motifs is 7. The maximum absolute atomic E-state index is 2.47. The Bertz CT molecular complexity index is 2680. The highest BCUT2D eigenvalue weighted by atomic mass is 15.1. The third-order valence-electron chi connectivity index (χ3n) is 11.2. The summed E-state index contributed by atoms with van der Waals surface area (Å²) in [7, 11) is 0. The van der Waals surface area contributed by atoms with E-state index in [1.165, 1.54) is 82.5 Å². The van der Waals surface area contributed by atoms with E-state index in [-0.39, 0.29) is 5.41 Å². The number of hydrogen-bond donors (Lipinski definition) is 0. The molecule has 52 heavy (non-hydrogen) atoms. The van der Waals surface area contributed by atoms with E-state index in [1.54, 1.807) is 0 Å². The average Bonchev–Trinajstić information content (AvgIpc) is 3.45. The van der Waals surface area contributed by atoms with E-state index in [4.69, 9.17) is 0 Å². The molecule has 9 aromatic rings. The highest BCUT2D eigenvalue weighted by Crippen LogP contribution is 2.56. The quantitative estimate of drug-likeness (QED) is 0.177. The first-order valence-corrected chi connectivity index (χ1v) is 18.2. The van der Waals surface area contributed by atoms with Crippen LogP contribution in [0.15, 0.2) is 188 Å². The predicted molar refractivity (Wildman–Crippen MR) is 222 cm³/mol. The number of benzene rings is 9. The van der Waals surface area contributed by atoms with Crippen LogP contribution < -0.4 is 4.90 Å². The van der Waals surface area contributed by atoms with Gasteiger partial charge in [0.2, 0.25) is 0 Å². The lowest BCUT2D eigenvalue weighted by molar-refractivity contribution is 0.666. The molecule has 0 saturated heterocycles. The van der Waals surface area contributed by atoms with Gasteiger partial charge in [-0.1, -0.05) is 159 Å². The molecule has 246 valence electrons. The summed E-state index contributed by atoms with van der Waals surface area (Å²) >= 11 is 0. The van der Waals surface area contributed by atoms with Gasteiger partial charge < -0.3 is 4.90 Å². The maximum atomic E-state index is 2.47. The minimum Gasteiger partial charge on any atom is -0.310 e. The second-order valence-corrected chi connectivity index (χ2v) is 14.6. The predicted octanol–water partition coefficient (Wildman–Crippen LogP) is 14.3. The molecule has 9 aromatic carbocycles. The van der Waals surface area contributed by atoms with Crippen molar-refractivity contribution in [2.24, 2.45) is 0 Å². The highest BCUT2D eigenvalue weighted by Gasteiger charge is 2.39. The number of anilines is 3. The molecule has 0 fully saturated rings. The molecule has 1 aliphatic rings. The molecule has 1 nitrogen and oxygen atoms in total. The van der Waals surface area contributed by atoms with Gasteiger partial charge in [0.25, 0.3) is 0 Å². The topological polar surface area (TPSA) is 3.24 Å². The maximum Gasteiger partial charge on any atom is 0.0549 e. The van der Waals surface area contributed by atoms with E-state index in [0.717, 1.165) is 11.4 Å². The Morgan fingerprint density at radius 3 is 1.42 bits per heavy atom. The van der Waals surface area contributed by atoms with E-state index in [0.29, 0.717) is 0 Å². The molecule has 0 aromatic heterocycles. The zero-order valence-corrected chi connectivity index (χ0v) is 29.3. The lowest BCUT2D eigenvalue weighted by Crippen LogP contribution is -2.16. The monoisotopic (exact) mass is 663 g/mol. The van der Waals surface area contributed by atoms with Crippen molar-refractivity contribution in [2.45, 2.75) is 19.3 Å². The van der Waals surface area contributed by atoms with Gasteiger partial charge in [0, 0.05) is 22.4 Å². The van der Waals surface area contributed by atoms with E-state index in [1.807, 2.05) is 0 Å². The van der Waals surface area contributed by atoms with Gasteiger partial charge in [-0.2, -0.15) is 0 Å². The molecule has 0 bridgehead atoms.